The van der Waals surface area contributed by atoms with Crippen molar-refractivity contribution >= 4 is 29.0 Å². The van der Waals surface area contributed by atoms with Gasteiger partial charge in [0, 0.05) is 49.9 Å². The summed E-state index contributed by atoms with van der Waals surface area (Å²) >= 11 is 1.30. The highest BCUT2D eigenvalue weighted by molar-refractivity contribution is 7.94. The van der Waals surface area contributed by atoms with Crippen LogP contribution in [0.1, 0.15) is 12.8 Å². The van der Waals surface area contributed by atoms with Gasteiger partial charge in [0.25, 0.3) is 0 Å². The van der Waals surface area contributed by atoms with Crippen LogP contribution in [0.2, 0.25) is 0 Å². The van der Waals surface area contributed by atoms with Gasteiger partial charge in [-0.3, -0.25) is 5.14 Å². The van der Waals surface area contributed by atoms with Gasteiger partial charge in [-0.1, -0.05) is 0 Å². The van der Waals surface area contributed by atoms with Gasteiger partial charge in [0.1, 0.15) is 17.4 Å². The number of aryl methyl sites for hydroxylation is 1. The van der Waals surface area contributed by atoms with Crippen LogP contribution in [0.3, 0.4) is 0 Å². The second kappa shape index (κ2) is 4.81. The minimum Gasteiger partial charge on any atom is -0.354 e. The van der Waals surface area contributed by atoms with Crippen molar-refractivity contribution in [1.29, 1.82) is 0 Å². The molecule has 8 heteroatoms. The fourth-order valence-corrected chi connectivity index (χ4v) is 4.17. The van der Waals surface area contributed by atoms with Crippen molar-refractivity contribution < 1.29 is 4.39 Å². The third kappa shape index (κ3) is 1.94. The molecule has 2 aliphatic rings. The highest BCUT2D eigenvalue weighted by Gasteiger charge is 2.54. The standard InChI is InChI=1S/C14H19FN6S/c1-19-5-10(15)11-12(19)13(18-8-17-11)21-6-14(7-21)3-9(4-14)20(2)22-16/h5,8-9H,3-4,6-7,16H2,1-2H3. The van der Waals surface area contributed by atoms with Crippen molar-refractivity contribution in [3.63, 3.8) is 0 Å². The van der Waals surface area contributed by atoms with Crippen molar-refractivity contribution in [2.24, 2.45) is 17.6 Å². The summed E-state index contributed by atoms with van der Waals surface area (Å²) in [7, 11) is 3.87. The minimum atomic E-state index is -0.290. The zero-order valence-electron chi connectivity index (χ0n) is 12.7. The zero-order chi connectivity index (χ0) is 15.5. The maximum absolute atomic E-state index is 13.8. The molecule has 2 aromatic heterocycles. The first-order valence-electron chi connectivity index (χ1n) is 7.33. The van der Waals surface area contributed by atoms with Gasteiger partial charge in [-0.05, 0) is 19.9 Å². The minimum absolute atomic E-state index is 0.290. The summed E-state index contributed by atoms with van der Waals surface area (Å²) in [6.07, 6.45) is 5.25. The number of rotatable bonds is 3. The van der Waals surface area contributed by atoms with Gasteiger partial charge < -0.3 is 9.47 Å². The summed E-state index contributed by atoms with van der Waals surface area (Å²) in [5.41, 5.74) is 1.56. The molecule has 118 valence electrons. The van der Waals surface area contributed by atoms with Crippen molar-refractivity contribution in [3.8, 4) is 0 Å². The highest BCUT2D eigenvalue weighted by atomic mass is 32.2. The summed E-state index contributed by atoms with van der Waals surface area (Å²) in [6.45, 7) is 1.96. The molecule has 2 aromatic rings. The fraction of sp³-hybridized carbons (Fsp3) is 0.571. The van der Waals surface area contributed by atoms with Crippen LogP contribution in [0.25, 0.3) is 11.0 Å². The van der Waals surface area contributed by atoms with Gasteiger partial charge in [0.2, 0.25) is 0 Å². The molecular weight excluding hydrogens is 303 g/mol. The molecule has 1 saturated carbocycles. The smallest absolute Gasteiger partial charge is 0.167 e. The van der Waals surface area contributed by atoms with Crippen LogP contribution in [0, 0.1) is 11.2 Å². The molecule has 0 bridgehead atoms. The third-order valence-electron chi connectivity index (χ3n) is 5.06. The molecule has 1 aliphatic heterocycles. The van der Waals surface area contributed by atoms with Crippen LogP contribution in [0.15, 0.2) is 12.5 Å². The number of halogens is 1. The lowest BCUT2D eigenvalue weighted by Crippen LogP contribution is -2.66. The first kappa shape index (κ1) is 14.2. The van der Waals surface area contributed by atoms with Crippen molar-refractivity contribution in [2.45, 2.75) is 18.9 Å². The van der Waals surface area contributed by atoms with E-state index in [0.29, 0.717) is 17.0 Å². The summed E-state index contributed by atoms with van der Waals surface area (Å²) < 4.78 is 17.7. The van der Waals surface area contributed by atoms with Gasteiger partial charge >= 0.3 is 0 Å². The summed E-state index contributed by atoms with van der Waals surface area (Å²) in [6, 6.07) is 0.565. The average Bonchev–Trinajstić information content (AvgIpc) is 2.71. The van der Waals surface area contributed by atoms with Gasteiger partial charge in [-0.25, -0.2) is 18.7 Å². The second-order valence-electron chi connectivity index (χ2n) is 6.55. The Hall–Kier alpha value is -1.38. The Labute approximate surface area is 132 Å². The molecule has 3 heterocycles. The van der Waals surface area contributed by atoms with Crippen LogP contribution in [-0.4, -0.2) is 45.0 Å². The largest absolute Gasteiger partial charge is 0.354 e. The van der Waals surface area contributed by atoms with E-state index in [0.717, 1.165) is 24.4 Å². The molecule has 0 atom stereocenters. The van der Waals surface area contributed by atoms with Crippen LogP contribution in [0.5, 0.6) is 0 Å². The van der Waals surface area contributed by atoms with Crippen LogP contribution >= 0.6 is 12.1 Å². The van der Waals surface area contributed by atoms with Crippen LogP contribution in [0.4, 0.5) is 10.2 Å². The van der Waals surface area contributed by atoms with E-state index >= 15 is 0 Å². The molecule has 6 nitrogen and oxygen atoms in total. The maximum atomic E-state index is 13.8. The molecule has 22 heavy (non-hydrogen) atoms. The normalized spacial score (nSPS) is 20.7. The van der Waals surface area contributed by atoms with E-state index in [1.165, 1.54) is 37.5 Å². The van der Waals surface area contributed by atoms with E-state index in [9.17, 15) is 4.39 Å². The van der Waals surface area contributed by atoms with E-state index in [1.54, 1.807) is 4.57 Å². The predicted octanol–water partition coefficient (Wildman–Crippen LogP) is 1.53. The second-order valence-corrected chi connectivity index (χ2v) is 7.34. The van der Waals surface area contributed by atoms with E-state index < -0.39 is 0 Å². The molecule has 0 radical (unpaired) electrons. The van der Waals surface area contributed by atoms with Crippen molar-refractivity contribution in [2.75, 3.05) is 25.0 Å². The molecule has 0 amide bonds. The van der Waals surface area contributed by atoms with Gasteiger partial charge in [-0.15, -0.1) is 0 Å². The van der Waals surface area contributed by atoms with E-state index in [1.807, 2.05) is 14.1 Å². The molecule has 0 unspecified atom stereocenters. The molecule has 1 saturated heterocycles. The predicted molar refractivity (Wildman–Crippen MR) is 85.7 cm³/mol. The molecule has 2 N–H and O–H groups in total. The topological polar surface area (TPSA) is 63.2 Å². The Morgan fingerprint density at radius 2 is 2.14 bits per heavy atom. The number of fused-ring (bicyclic) bond motifs is 1. The number of hydrogen-bond donors (Lipinski definition) is 1. The number of aromatic nitrogens is 3. The third-order valence-corrected chi connectivity index (χ3v) is 5.69. The maximum Gasteiger partial charge on any atom is 0.167 e. The lowest BCUT2D eigenvalue weighted by atomic mass is 9.60. The number of nitrogens with two attached hydrogens (primary N) is 1. The zero-order valence-corrected chi connectivity index (χ0v) is 13.5. The Kier molecular flexibility index (Phi) is 3.11. The van der Waals surface area contributed by atoms with Gasteiger partial charge in [0.05, 0.1) is 0 Å². The molecule has 1 aliphatic carbocycles. The Bertz CT molecular complexity index is 717. The summed E-state index contributed by atoms with van der Waals surface area (Å²) in [5, 5.41) is 5.61. The Morgan fingerprint density at radius 3 is 2.82 bits per heavy atom. The highest BCUT2D eigenvalue weighted by Crippen LogP contribution is 2.52. The molecular formula is C14H19FN6S. The van der Waals surface area contributed by atoms with Crippen LogP contribution in [-0.2, 0) is 7.05 Å². The number of hydrogen-bond acceptors (Lipinski definition) is 6. The molecule has 0 aromatic carbocycles. The Morgan fingerprint density at radius 1 is 1.41 bits per heavy atom. The van der Waals surface area contributed by atoms with Gasteiger partial charge in [0.15, 0.2) is 11.6 Å². The molecule has 4 rings (SSSR count). The van der Waals surface area contributed by atoms with Crippen molar-refractivity contribution in [3.05, 3.63) is 18.3 Å². The van der Waals surface area contributed by atoms with E-state index in [2.05, 4.69) is 19.2 Å². The van der Waals surface area contributed by atoms with Gasteiger partial charge in [-0.2, -0.15) is 0 Å². The number of nitrogens with zero attached hydrogens (tertiary/aromatic N) is 5. The average molecular weight is 322 g/mol. The first-order chi connectivity index (χ1) is 10.5. The monoisotopic (exact) mass is 322 g/mol. The van der Waals surface area contributed by atoms with E-state index in [-0.39, 0.29) is 5.82 Å². The van der Waals surface area contributed by atoms with Crippen LogP contribution < -0.4 is 10.0 Å². The summed E-state index contributed by atoms with van der Waals surface area (Å²) in [4.78, 5) is 10.7. The lowest BCUT2D eigenvalue weighted by Gasteiger charge is -2.60. The lowest BCUT2D eigenvalue weighted by molar-refractivity contribution is 0.0240. The molecule has 2 fully saturated rings. The number of anilines is 1. The quantitative estimate of drug-likeness (QED) is 0.865. The fourth-order valence-electron chi connectivity index (χ4n) is 3.85. The van der Waals surface area contributed by atoms with E-state index in [4.69, 9.17) is 5.14 Å². The molecule has 1 spiro atoms. The summed E-state index contributed by atoms with van der Waals surface area (Å²) in [5.74, 6) is 0.550. The SMILES string of the molecule is CN(SN)C1CC2(C1)CN(c1ncnc3c(F)cn(C)c13)C2. The Balaban J connectivity index is 1.53. The first-order valence-corrected chi connectivity index (χ1v) is 8.17. The van der Waals surface area contributed by atoms with Crippen molar-refractivity contribution in [1.82, 2.24) is 18.8 Å².